The molecule has 1 fully saturated rings. The molecule has 0 unspecified atom stereocenters. The van der Waals surface area contributed by atoms with E-state index in [-0.39, 0.29) is 18.6 Å². The van der Waals surface area contributed by atoms with Gasteiger partial charge in [-0.15, -0.1) is 0 Å². The van der Waals surface area contributed by atoms with Crippen LogP contribution in [-0.2, 0) is 9.53 Å². The van der Waals surface area contributed by atoms with Gasteiger partial charge in [-0.3, -0.25) is 4.79 Å². The maximum Gasteiger partial charge on any atom is 0.248 e. The molecule has 1 amide bonds. The van der Waals surface area contributed by atoms with Gasteiger partial charge in [0, 0.05) is 26.2 Å². The number of carbonyl (C=O) groups excluding carboxylic acids is 1. The Morgan fingerprint density at radius 1 is 1.47 bits per heavy atom. The van der Waals surface area contributed by atoms with Crippen LogP contribution in [0.2, 0.25) is 0 Å². The molecule has 1 aliphatic heterocycles. The lowest BCUT2D eigenvalue weighted by Gasteiger charge is -2.41. The molecule has 0 bridgehead atoms. The fourth-order valence-electron chi connectivity index (χ4n) is 2.70. The minimum absolute atomic E-state index is 0.113. The van der Waals surface area contributed by atoms with Gasteiger partial charge in [0.15, 0.2) is 0 Å². The van der Waals surface area contributed by atoms with Crippen LogP contribution in [0.15, 0.2) is 0 Å². The van der Waals surface area contributed by atoms with E-state index in [1.165, 1.54) is 0 Å². The summed E-state index contributed by atoms with van der Waals surface area (Å²) in [5.41, 5.74) is 0. The van der Waals surface area contributed by atoms with Crippen LogP contribution in [0, 0.1) is 5.92 Å². The van der Waals surface area contributed by atoms with Crippen molar-refractivity contribution in [3.8, 4) is 0 Å². The number of likely N-dealkylation sites (N-methyl/N-ethyl adjacent to an activating group) is 1. The lowest BCUT2D eigenvalue weighted by Crippen LogP contribution is -2.51. The van der Waals surface area contributed by atoms with Crippen molar-refractivity contribution in [1.29, 1.82) is 0 Å². The summed E-state index contributed by atoms with van der Waals surface area (Å²) in [6.45, 7) is 12.0. The van der Waals surface area contributed by atoms with Gasteiger partial charge < -0.3 is 14.5 Å². The molecular formula is C15H30N2O2. The van der Waals surface area contributed by atoms with Crippen molar-refractivity contribution in [3.63, 3.8) is 0 Å². The predicted molar refractivity (Wildman–Crippen MR) is 78.2 cm³/mol. The van der Waals surface area contributed by atoms with Crippen LogP contribution in [0.25, 0.3) is 0 Å². The standard InChI is InChI=1S/C15H30N2O2/c1-6-13(4)19-11-15(18)16(5)14-8-9-17(7-2)10-12(14)3/h12-14H,6-11H2,1-5H3/t12-,13+,14+/m1/s1. The molecular weight excluding hydrogens is 240 g/mol. The van der Waals surface area contributed by atoms with Crippen molar-refractivity contribution in [1.82, 2.24) is 9.80 Å². The number of carbonyl (C=O) groups is 1. The van der Waals surface area contributed by atoms with Crippen LogP contribution in [0.3, 0.4) is 0 Å². The number of rotatable bonds is 6. The normalized spacial score (nSPS) is 26.2. The van der Waals surface area contributed by atoms with Gasteiger partial charge >= 0.3 is 0 Å². The topological polar surface area (TPSA) is 32.8 Å². The Morgan fingerprint density at radius 3 is 2.68 bits per heavy atom. The van der Waals surface area contributed by atoms with Crippen LogP contribution in [0.5, 0.6) is 0 Å². The van der Waals surface area contributed by atoms with Gasteiger partial charge in [-0.25, -0.2) is 0 Å². The first kappa shape index (κ1) is 16.4. The quantitative estimate of drug-likeness (QED) is 0.740. The third kappa shape index (κ3) is 4.77. The first-order valence-corrected chi connectivity index (χ1v) is 7.59. The molecule has 0 saturated carbocycles. The van der Waals surface area contributed by atoms with Crippen LogP contribution < -0.4 is 0 Å². The van der Waals surface area contributed by atoms with E-state index < -0.39 is 0 Å². The predicted octanol–water partition coefficient (Wildman–Crippen LogP) is 1.99. The second-order valence-electron chi connectivity index (χ2n) is 5.76. The molecule has 112 valence electrons. The number of hydrogen-bond acceptors (Lipinski definition) is 3. The summed E-state index contributed by atoms with van der Waals surface area (Å²) in [5.74, 6) is 0.647. The van der Waals surface area contributed by atoms with Crippen molar-refractivity contribution in [2.45, 2.75) is 52.7 Å². The molecule has 4 heteroatoms. The number of nitrogens with zero attached hydrogens (tertiary/aromatic N) is 2. The van der Waals surface area contributed by atoms with Gasteiger partial charge in [0.1, 0.15) is 6.61 Å². The minimum Gasteiger partial charge on any atom is -0.369 e. The fraction of sp³-hybridized carbons (Fsp3) is 0.933. The van der Waals surface area contributed by atoms with Gasteiger partial charge in [-0.1, -0.05) is 20.8 Å². The SMILES string of the molecule is CC[C@H](C)OCC(=O)N(C)[C@H]1CCN(CC)C[C@H]1C. The van der Waals surface area contributed by atoms with Crippen LogP contribution in [0.4, 0.5) is 0 Å². The molecule has 1 aliphatic rings. The summed E-state index contributed by atoms with van der Waals surface area (Å²) < 4.78 is 5.54. The molecule has 3 atom stereocenters. The smallest absolute Gasteiger partial charge is 0.248 e. The number of likely N-dealkylation sites (tertiary alicyclic amines) is 1. The zero-order valence-electron chi connectivity index (χ0n) is 13.2. The number of ether oxygens (including phenoxy) is 1. The summed E-state index contributed by atoms with van der Waals surface area (Å²) >= 11 is 0. The highest BCUT2D eigenvalue weighted by atomic mass is 16.5. The number of amides is 1. The van der Waals surface area contributed by atoms with Crippen LogP contribution in [-0.4, -0.2) is 61.1 Å². The molecule has 0 aromatic rings. The lowest BCUT2D eigenvalue weighted by molar-refractivity contribution is -0.140. The zero-order valence-corrected chi connectivity index (χ0v) is 13.2. The maximum absolute atomic E-state index is 12.1. The van der Waals surface area contributed by atoms with Crippen molar-refractivity contribution >= 4 is 5.91 Å². The second kappa shape index (κ2) is 7.85. The van der Waals surface area contributed by atoms with E-state index >= 15 is 0 Å². The van der Waals surface area contributed by atoms with Crippen molar-refractivity contribution in [3.05, 3.63) is 0 Å². The molecule has 0 N–H and O–H groups in total. The third-order valence-electron chi connectivity index (χ3n) is 4.35. The first-order chi connectivity index (χ1) is 8.99. The van der Waals surface area contributed by atoms with E-state index in [4.69, 9.17) is 4.74 Å². The molecule has 0 radical (unpaired) electrons. The zero-order chi connectivity index (χ0) is 14.4. The van der Waals surface area contributed by atoms with E-state index in [9.17, 15) is 4.79 Å². The van der Waals surface area contributed by atoms with Gasteiger partial charge in [0.2, 0.25) is 5.91 Å². The Balaban J connectivity index is 2.43. The monoisotopic (exact) mass is 270 g/mol. The van der Waals surface area contributed by atoms with Gasteiger partial charge in [0.25, 0.3) is 0 Å². The molecule has 0 spiro atoms. The van der Waals surface area contributed by atoms with Gasteiger partial charge in [-0.2, -0.15) is 0 Å². The largest absolute Gasteiger partial charge is 0.369 e. The fourth-order valence-corrected chi connectivity index (χ4v) is 2.70. The van der Waals surface area contributed by atoms with Crippen LogP contribution in [0.1, 0.15) is 40.5 Å². The highest BCUT2D eigenvalue weighted by Crippen LogP contribution is 2.21. The van der Waals surface area contributed by atoms with E-state index in [0.717, 1.165) is 32.5 Å². The highest BCUT2D eigenvalue weighted by Gasteiger charge is 2.30. The van der Waals surface area contributed by atoms with E-state index in [0.29, 0.717) is 12.0 Å². The van der Waals surface area contributed by atoms with Crippen LogP contribution >= 0.6 is 0 Å². The summed E-state index contributed by atoms with van der Waals surface area (Å²) in [7, 11) is 1.92. The first-order valence-electron chi connectivity index (χ1n) is 7.59. The van der Waals surface area contributed by atoms with E-state index in [2.05, 4.69) is 25.7 Å². The lowest BCUT2D eigenvalue weighted by atomic mass is 9.92. The molecule has 0 aliphatic carbocycles. The van der Waals surface area contributed by atoms with E-state index in [1.54, 1.807) is 0 Å². The van der Waals surface area contributed by atoms with E-state index in [1.807, 2.05) is 18.9 Å². The summed E-state index contributed by atoms with van der Waals surface area (Å²) in [4.78, 5) is 16.5. The average Bonchev–Trinajstić information content (AvgIpc) is 2.43. The van der Waals surface area contributed by atoms with Crippen molar-refractivity contribution < 1.29 is 9.53 Å². The highest BCUT2D eigenvalue weighted by molar-refractivity contribution is 5.77. The Morgan fingerprint density at radius 2 is 2.16 bits per heavy atom. The Kier molecular flexibility index (Phi) is 6.80. The molecule has 1 rings (SSSR count). The van der Waals surface area contributed by atoms with Gasteiger partial charge in [0.05, 0.1) is 6.10 Å². The molecule has 1 heterocycles. The summed E-state index contributed by atoms with van der Waals surface area (Å²) in [6, 6.07) is 0.357. The molecule has 4 nitrogen and oxygen atoms in total. The maximum atomic E-state index is 12.1. The summed E-state index contributed by atoms with van der Waals surface area (Å²) in [5, 5.41) is 0. The average molecular weight is 270 g/mol. The number of piperidine rings is 1. The third-order valence-corrected chi connectivity index (χ3v) is 4.35. The molecule has 0 aromatic heterocycles. The van der Waals surface area contributed by atoms with Crippen molar-refractivity contribution in [2.75, 3.05) is 33.3 Å². The Hall–Kier alpha value is -0.610. The Labute approximate surface area is 118 Å². The molecule has 0 aromatic carbocycles. The molecule has 1 saturated heterocycles. The van der Waals surface area contributed by atoms with Crippen molar-refractivity contribution in [2.24, 2.45) is 5.92 Å². The van der Waals surface area contributed by atoms with Gasteiger partial charge in [-0.05, 0) is 32.2 Å². The minimum atomic E-state index is 0.113. The number of hydrogen-bond donors (Lipinski definition) is 0. The molecule has 19 heavy (non-hydrogen) atoms. The Bertz CT molecular complexity index is 283. The second-order valence-corrected chi connectivity index (χ2v) is 5.76. The summed E-state index contributed by atoms with van der Waals surface area (Å²) in [6.07, 6.45) is 2.18.